The second-order valence-electron chi connectivity index (χ2n) is 13.8. The van der Waals surface area contributed by atoms with Crippen LogP contribution in [-0.2, 0) is 0 Å². The van der Waals surface area contributed by atoms with E-state index in [2.05, 4.69) is 13.8 Å². The Morgan fingerprint density at radius 3 is 0.826 bits per heavy atom. The Bertz CT molecular complexity index is 805. The SMILES string of the molecule is CCCCCCCCCCCCCCCCOc1cc(C(C)=O)c(OCCCCCCCCCCCCCCCC)cc1C(C)=O. The summed E-state index contributed by atoms with van der Waals surface area (Å²) in [7, 11) is 0. The van der Waals surface area contributed by atoms with Crippen LogP contribution in [0.25, 0.3) is 0 Å². The molecule has 0 fully saturated rings. The number of ketones is 2. The van der Waals surface area contributed by atoms with Gasteiger partial charge in [0.05, 0.1) is 24.3 Å². The van der Waals surface area contributed by atoms with Crippen LogP contribution in [0.5, 0.6) is 11.5 Å². The highest BCUT2D eigenvalue weighted by atomic mass is 16.5. The zero-order valence-corrected chi connectivity index (χ0v) is 31.0. The van der Waals surface area contributed by atoms with Crippen molar-refractivity contribution in [3.05, 3.63) is 23.3 Å². The first-order chi connectivity index (χ1) is 22.5. The summed E-state index contributed by atoms with van der Waals surface area (Å²) in [6, 6.07) is 3.45. The number of unbranched alkanes of at least 4 members (excludes halogenated alkanes) is 26. The fraction of sp³-hybridized carbons (Fsp3) is 0.810. The summed E-state index contributed by atoms with van der Waals surface area (Å²) in [5.41, 5.74) is 1.01. The van der Waals surface area contributed by atoms with E-state index in [4.69, 9.17) is 9.47 Å². The average molecular weight is 643 g/mol. The Morgan fingerprint density at radius 1 is 0.391 bits per heavy atom. The maximum Gasteiger partial charge on any atom is 0.163 e. The van der Waals surface area contributed by atoms with Crippen molar-refractivity contribution < 1.29 is 19.1 Å². The first-order valence-electron chi connectivity index (χ1n) is 20.0. The quantitative estimate of drug-likeness (QED) is 0.0554. The normalized spacial score (nSPS) is 11.2. The molecular weight excluding hydrogens is 568 g/mol. The van der Waals surface area contributed by atoms with E-state index in [0.717, 1.165) is 25.7 Å². The summed E-state index contributed by atoms with van der Waals surface area (Å²) in [4.78, 5) is 24.9. The van der Waals surface area contributed by atoms with Gasteiger partial charge in [-0.05, 0) is 38.8 Å². The van der Waals surface area contributed by atoms with Gasteiger partial charge in [-0.15, -0.1) is 0 Å². The van der Waals surface area contributed by atoms with Gasteiger partial charge in [0.2, 0.25) is 0 Å². The molecule has 0 unspecified atom stereocenters. The van der Waals surface area contributed by atoms with E-state index in [-0.39, 0.29) is 11.6 Å². The van der Waals surface area contributed by atoms with Gasteiger partial charge in [0.15, 0.2) is 11.6 Å². The summed E-state index contributed by atoms with van der Waals surface area (Å²) < 4.78 is 12.1. The van der Waals surface area contributed by atoms with E-state index in [1.165, 1.54) is 154 Å². The number of rotatable bonds is 34. The molecule has 0 aromatic heterocycles. The van der Waals surface area contributed by atoms with E-state index in [1.54, 1.807) is 26.0 Å². The van der Waals surface area contributed by atoms with Crippen molar-refractivity contribution in [2.24, 2.45) is 0 Å². The summed E-state index contributed by atoms with van der Waals surface area (Å²) >= 11 is 0. The fourth-order valence-electron chi connectivity index (χ4n) is 6.31. The molecule has 0 saturated carbocycles. The number of carbonyl (C=O) groups excluding carboxylic acids is 2. The highest BCUT2D eigenvalue weighted by molar-refractivity contribution is 6.02. The molecule has 4 nitrogen and oxygen atoms in total. The lowest BCUT2D eigenvalue weighted by Crippen LogP contribution is -2.09. The van der Waals surface area contributed by atoms with Gasteiger partial charge in [-0.1, -0.05) is 181 Å². The molecule has 0 aliphatic rings. The van der Waals surface area contributed by atoms with Crippen LogP contribution in [0.4, 0.5) is 0 Å². The molecule has 266 valence electrons. The highest BCUT2D eigenvalue weighted by Gasteiger charge is 2.18. The molecule has 0 atom stereocenters. The van der Waals surface area contributed by atoms with Gasteiger partial charge in [0.1, 0.15) is 11.5 Å². The molecule has 0 amide bonds. The van der Waals surface area contributed by atoms with Crippen molar-refractivity contribution >= 4 is 11.6 Å². The Labute approximate surface area is 285 Å². The van der Waals surface area contributed by atoms with Gasteiger partial charge in [0.25, 0.3) is 0 Å². The average Bonchev–Trinajstić information content (AvgIpc) is 3.04. The van der Waals surface area contributed by atoms with Crippen molar-refractivity contribution in [3.63, 3.8) is 0 Å². The molecular formula is C42H74O4. The molecule has 0 saturated heterocycles. The van der Waals surface area contributed by atoms with Gasteiger partial charge in [0, 0.05) is 0 Å². The molecule has 0 N–H and O–H groups in total. The van der Waals surface area contributed by atoms with Crippen molar-refractivity contribution in [3.8, 4) is 11.5 Å². The van der Waals surface area contributed by atoms with Crippen LogP contribution < -0.4 is 9.47 Å². The molecule has 1 aromatic rings. The number of Topliss-reactive ketones (excluding diaryl/α,β-unsaturated/α-hetero) is 2. The molecule has 0 radical (unpaired) electrons. The molecule has 0 bridgehead atoms. The largest absolute Gasteiger partial charge is 0.493 e. The number of carbonyl (C=O) groups is 2. The van der Waals surface area contributed by atoms with Crippen LogP contribution in [0.3, 0.4) is 0 Å². The molecule has 1 aromatic carbocycles. The first-order valence-corrected chi connectivity index (χ1v) is 20.0. The molecule has 4 heteroatoms. The van der Waals surface area contributed by atoms with Crippen LogP contribution in [0.15, 0.2) is 12.1 Å². The third kappa shape index (κ3) is 22.6. The van der Waals surface area contributed by atoms with Crippen LogP contribution in [0.1, 0.15) is 228 Å². The molecule has 0 aliphatic carbocycles. The third-order valence-electron chi connectivity index (χ3n) is 9.35. The van der Waals surface area contributed by atoms with E-state index < -0.39 is 0 Å². The van der Waals surface area contributed by atoms with Gasteiger partial charge in [-0.3, -0.25) is 9.59 Å². The minimum Gasteiger partial charge on any atom is -0.493 e. The maximum atomic E-state index is 12.5. The minimum absolute atomic E-state index is 0.0626. The lowest BCUT2D eigenvalue weighted by atomic mass is 10.0. The Morgan fingerprint density at radius 2 is 0.609 bits per heavy atom. The smallest absolute Gasteiger partial charge is 0.163 e. The van der Waals surface area contributed by atoms with Crippen LogP contribution in [-0.4, -0.2) is 24.8 Å². The Kier molecular flexibility index (Phi) is 28.0. The van der Waals surface area contributed by atoms with E-state index in [1.807, 2.05) is 0 Å². The number of hydrogen-bond donors (Lipinski definition) is 0. The standard InChI is InChI=1S/C42H74O4/c1-5-7-9-11-13-15-17-19-21-23-25-27-29-31-33-45-41-35-40(38(4)44)42(36-39(41)37(3)43)46-34-32-30-28-26-24-22-20-18-16-14-12-10-8-6-2/h35-36H,5-34H2,1-4H3. The van der Waals surface area contributed by atoms with Gasteiger partial charge in [-0.2, -0.15) is 0 Å². The molecule has 46 heavy (non-hydrogen) atoms. The fourth-order valence-corrected chi connectivity index (χ4v) is 6.31. The van der Waals surface area contributed by atoms with E-state index in [0.29, 0.717) is 35.8 Å². The minimum atomic E-state index is -0.0626. The van der Waals surface area contributed by atoms with Gasteiger partial charge in [-0.25, -0.2) is 0 Å². The molecule has 0 aliphatic heterocycles. The van der Waals surface area contributed by atoms with Gasteiger partial charge < -0.3 is 9.47 Å². The van der Waals surface area contributed by atoms with Gasteiger partial charge >= 0.3 is 0 Å². The Hall–Kier alpha value is -1.84. The topological polar surface area (TPSA) is 52.6 Å². The van der Waals surface area contributed by atoms with Crippen LogP contribution in [0, 0.1) is 0 Å². The maximum absolute atomic E-state index is 12.5. The third-order valence-corrected chi connectivity index (χ3v) is 9.35. The molecule has 0 heterocycles. The predicted octanol–water partition coefficient (Wildman–Crippen LogP) is 13.8. The summed E-state index contributed by atoms with van der Waals surface area (Å²) in [5, 5.41) is 0. The zero-order chi connectivity index (χ0) is 33.5. The summed E-state index contributed by atoms with van der Waals surface area (Å²) in [6.07, 6.45) is 36.8. The lowest BCUT2D eigenvalue weighted by Gasteiger charge is -2.16. The lowest BCUT2D eigenvalue weighted by molar-refractivity contribution is 0.0994. The highest BCUT2D eigenvalue weighted by Crippen LogP contribution is 2.31. The van der Waals surface area contributed by atoms with Crippen LogP contribution in [0.2, 0.25) is 0 Å². The van der Waals surface area contributed by atoms with Crippen molar-refractivity contribution in [1.29, 1.82) is 0 Å². The Balaban J connectivity index is 2.23. The number of benzene rings is 1. The van der Waals surface area contributed by atoms with E-state index in [9.17, 15) is 9.59 Å². The number of hydrogen-bond acceptors (Lipinski definition) is 4. The van der Waals surface area contributed by atoms with Crippen LogP contribution >= 0.6 is 0 Å². The summed E-state index contributed by atoms with van der Waals surface area (Å²) in [6.45, 7) is 8.79. The van der Waals surface area contributed by atoms with E-state index >= 15 is 0 Å². The first kappa shape index (κ1) is 42.2. The second kappa shape index (κ2) is 30.5. The second-order valence-corrected chi connectivity index (χ2v) is 13.8. The zero-order valence-electron chi connectivity index (χ0n) is 31.0. The predicted molar refractivity (Wildman–Crippen MR) is 198 cm³/mol. The molecule has 0 spiro atoms. The molecule has 1 rings (SSSR count). The number of ether oxygens (including phenoxy) is 2. The van der Waals surface area contributed by atoms with Crippen molar-refractivity contribution in [1.82, 2.24) is 0 Å². The summed E-state index contributed by atoms with van der Waals surface area (Å²) in [5.74, 6) is 0.896. The van der Waals surface area contributed by atoms with Crippen molar-refractivity contribution in [2.75, 3.05) is 13.2 Å². The monoisotopic (exact) mass is 643 g/mol. The van der Waals surface area contributed by atoms with Crippen molar-refractivity contribution in [2.45, 2.75) is 207 Å².